The van der Waals surface area contributed by atoms with Crippen LogP contribution in [0.2, 0.25) is 0 Å². The zero-order valence-electron chi connectivity index (χ0n) is 6.73. The Morgan fingerprint density at radius 1 is 1.50 bits per heavy atom. The number of thioether (sulfide) groups is 1. The summed E-state index contributed by atoms with van der Waals surface area (Å²) in [7, 11) is 1.47. The van der Waals surface area contributed by atoms with E-state index in [0.717, 1.165) is 4.90 Å². The van der Waals surface area contributed by atoms with Gasteiger partial charge in [-0.1, -0.05) is 0 Å². The van der Waals surface area contributed by atoms with Gasteiger partial charge in [0.15, 0.2) is 11.6 Å². The van der Waals surface area contributed by atoms with Crippen molar-refractivity contribution in [3.63, 3.8) is 0 Å². The van der Waals surface area contributed by atoms with Crippen LogP contribution in [-0.2, 0) is 0 Å². The first-order chi connectivity index (χ1) is 5.69. The molecule has 0 N–H and O–H groups in total. The van der Waals surface area contributed by atoms with Gasteiger partial charge in [-0.25, -0.2) is 4.39 Å². The molecule has 0 heterocycles. The molecule has 0 aliphatic carbocycles. The van der Waals surface area contributed by atoms with Crippen molar-refractivity contribution >= 4 is 34.4 Å². The third-order valence-electron chi connectivity index (χ3n) is 1.42. The lowest BCUT2D eigenvalue weighted by atomic mass is 10.3. The molecule has 1 rings (SSSR count). The monoisotopic (exact) mass is 298 g/mol. The van der Waals surface area contributed by atoms with Crippen LogP contribution in [0.3, 0.4) is 0 Å². The minimum absolute atomic E-state index is 0.282. The maximum Gasteiger partial charge on any atom is 0.178 e. The highest BCUT2D eigenvalue weighted by atomic mass is 127. The van der Waals surface area contributed by atoms with Crippen molar-refractivity contribution in [3.05, 3.63) is 21.5 Å². The molecule has 0 aromatic heterocycles. The lowest BCUT2D eigenvalue weighted by Gasteiger charge is -2.05. The number of rotatable bonds is 2. The fourth-order valence-corrected chi connectivity index (χ4v) is 2.08. The molecular formula is C8H8FIOS. The fourth-order valence-electron chi connectivity index (χ4n) is 0.807. The van der Waals surface area contributed by atoms with E-state index in [1.807, 2.05) is 28.8 Å². The highest BCUT2D eigenvalue weighted by Gasteiger charge is 2.08. The summed E-state index contributed by atoms with van der Waals surface area (Å²) in [6.45, 7) is 0. The molecule has 0 fully saturated rings. The van der Waals surface area contributed by atoms with Crippen LogP contribution in [0.4, 0.5) is 4.39 Å². The predicted molar refractivity (Wildman–Crippen MR) is 57.5 cm³/mol. The Morgan fingerprint density at radius 2 is 2.17 bits per heavy atom. The van der Waals surface area contributed by atoms with Crippen LogP contribution >= 0.6 is 34.4 Å². The number of ether oxygens (including phenoxy) is 1. The van der Waals surface area contributed by atoms with Gasteiger partial charge in [0.1, 0.15) is 0 Å². The first-order valence-corrected chi connectivity index (χ1v) is 5.56. The Bertz CT molecular complexity index is 291. The van der Waals surface area contributed by atoms with Gasteiger partial charge in [-0.3, -0.25) is 0 Å². The summed E-state index contributed by atoms with van der Waals surface area (Å²) in [4.78, 5) is 1.01. The lowest BCUT2D eigenvalue weighted by Crippen LogP contribution is -1.91. The molecule has 12 heavy (non-hydrogen) atoms. The van der Waals surface area contributed by atoms with E-state index >= 15 is 0 Å². The number of methoxy groups -OCH3 is 1. The second-order valence-corrected chi connectivity index (χ2v) is 4.17. The molecule has 66 valence electrons. The number of hydrogen-bond acceptors (Lipinski definition) is 2. The smallest absolute Gasteiger partial charge is 0.178 e. The summed E-state index contributed by atoms with van der Waals surface area (Å²) in [6, 6.07) is 3.49. The minimum Gasteiger partial charge on any atom is -0.494 e. The van der Waals surface area contributed by atoms with E-state index in [9.17, 15) is 4.39 Å². The predicted octanol–water partition coefficient (Wildman–Crippen LogP) is 3.16. The molecule has 0 saturated carbocycles. The molecule has 1 aromatic carbocycles. The first-order valence-electron chi connectivity index (χ1n) is 3.26. The van der Waals surface area contributed by atoms with Gasteiger partial charge in [-0.2, -0.15) is 0 Å². The Hall–Kier alpha value is 0.0300. The number of halogens is 2. The van der Waals surface area contributed by atoms with E-state index in [-0.39, 0.29) is 5.82 Å². The summed E-state index contributed by atoms with van der Waals surface area (Å²) in [5.74, 6) is 0.0298. The molecule has 0 atom stereocenters. The molecule has 0 bridgehead atoms. The van der Waals surface area contributed by atoms with Gasteiger partial charge >= 0.3 is 0 Å². The molecule has 0 spiro atoms. The molecule has 1 nitrogen and oxygen atoms in total. The van der Waals surface area contributed by atoms with Crippen molar-refractivity contribution in [2.24, 2.45) is 0 Å². The summed E-state index contributed by atoms with van der Waals surface area (Å²) in [6.07, 6.45) is 1.95. The molecule has 0 amide bonds. The normalized spacial score (nSPS) is 10.0. The second kappa shape index (κ2) is 4.32. The van der Waals surface area contributed by atoms with Gasteiger partial charge in [0, 0.05) is 4.90 Å². The van der Waals surface area contributed by atoms with Gasteiger partial charge in [0.25, 0.3) is 0 Å². The maximum absolute atomic E-state index is 13.2. The van der Waals surface area contributed by atoms with E-state index in [1.165, 1.54) is 7.11 Å². The molecule has 1 aromatic rings. The second-order valence-electron chi connectivity index (χ2n) is 2.13. The zero-order chi connectivity index (χ0) is 9.14. The van der Waals surface area contributed by atoms with E-state index < -0.39 is 0 Å². The van der Waals surface area contributed by atoms with Crippen molar-refractivity contribution in [1.82, 2.24) is 0 Å². The third kappa shape index (κ3) is 2.04. The summed E-state index contributed by atoms with van der Waals surface area (Å²) >= 11 is 3.52. The van der Waals surface area contributed by atoms with E-state index in [2.05, 4.69) is 0 Å². The van der Waals surface area contributed by atoms with Crippen LogP contribution in [0.5, 0.6) is 5.75 Å². The topological polar surface area (TPSA) is 9.23 Å². The molecule has 0 unspecified atom stereocenters. The highest BCUT2D eigenvalue weighted by molar-refractivity contribution is 14.1. The van der Waals surface area contributed by atoms with Crippen LogP contribution in [0.25, 0.3) is 0 Å². The summed E-state index contributed by atoms with van der Waals surface area (Å²) in [5.41, 5.74) is 0. The van der Waals surface area contributed by atoms with Crippen LogP contribution in [0.1, 0.15) is 0 Å². The van der Waals surface area contributed by atoms with Crippen LogP contribution in [-0.4, -0.2) is 13.4 Å². The molecule has 0 aliphatic rings. The van der Waals surface area contributed by atoms with Gasteiger partial charge in [0.2, 0.25) is 0 Å². The lowest BCUT2D eigenvalue weighted by molar-refractivity contribution is 0.383. The highest BCUT2D eigenvalue weighted by Crippen LogP contribution is 2.28. The van der Waals surface area contributed by atoms with Gasteiger partial charge in [-0.05, 0) is 41.0 Å². The fraction of sp³-hybridized carbons (Fsp3) is 0.250. The van der Waals surface area contributed by atoms with Crippen molar-refractivity contribution in [1.29, 1.82) is 0 Å². The first kappa shape index (κ1) is 10.1. The van der Waals surface area contributed by atoms with Crippen molar-refractivity contribution < 1.29 is 9.13 Å². The van der Waals surface area contributed by atoms with Gasteiger partial charge < -0.3 is 4.74 Å². The maximum atomic E-state index is 13.2. The van der Waals surface area contributed by atoms with Crippen molar-refractivity contribution in [3.8, 4) is 5.75 Å². The molecule has 0 radical (unpaired) electrons. The number of hydrogen-bond donors (Lipinski definition) is 0. The average Bonchev–Trinajstić information content (AvgIpc) is 2.09. The third-order valence-corrected chi connectivity index (χ3v) is 2.92. The number of benzene rings is 1. The van der Waals surface area contributed by atoms with E-state index in [0.29, 0.717) is 9.32 Å². The molecular weight excluding hydrogens is 290 g/mol. The minimum atomic E-state index is -0.282. The van der Waals surface area contributed by atoms with Crippen molar-refractivity contribution in [2.75, 3.05) is 13.4 Å². The average molecular weight is 298 g/mol. The molecule has 0 saturated heterocycles. The summed E-state index contributed by atoms with van der Waals surface area (Å²) < 4.78 is 18.6. The van der Waals surface area contributed by atoms with Gasteiger partial charge in [-0.15, -0.1) is 11.8 Å². The van der Waals surface area contributed by atoms with E-state index in [4.69, 9.17) is 4.74 Å². The largest absolute Gasteiger partial charge is 0.494 e. The SMILES string of the molecule is COc1cc(SC)cc(I)c1F. The molecule has 0 aliphatic heterocycles. The van der Waals surface area contributed by atoms with Crippen LogP contribution in [0.15, 0.2) is 17.0 Å². The quantitative estimate of drug-likeness (QED) is 0.613. The Labute approximate surface area is 88.8 Å². The zero-order valence-corrected chi connectivity index (χ0v) is 9.70. The van der Waals surface area contributed by atoms with Crippen molar-refractivity contribution in [2.45, 2.75) is 4.90 Å². The Balaban J connectivity index is 3.19. The Kier molecular flexibility index (Phi) is 3.64. The summed E-state index contributed by atoms with van der Waals surface area (Å²) in [5, 5.41) is 0. The van der Waals surface area contributed by atoms with Crippen LogP contribution in [0, 0.1) is 9.39 Å². The van der Waals surface area contributed by atoms with Gasteiger partial charge in [0.05, 0.1) is 10.7 Å². The molecule has 4 heteroatoms. The van der Waals surface area contributed by atoms with E-state index in [1.54, 1.807) is 23.9 Å². The van der Waals surface area contributed by atoms with Crippen LogP contribution < -0.4 is 4.74 Å². The Morgan fingerprint density at radius 3 is 2.67 bits per heavy atom. The standard InChI is InChI=1S/C8H8FIOS/c1-11-7-4-5(12-2)3-6(10)8(7)9/h3-4H,1-2H3.